The molecule has 2 aromatic carbocycles. The van der Waals surface area contributed by atoms with E-state index < -0.39 is 0 Å². The molecule has 0 bridgehead atoms. The van der Waals surface area contributed by atoms with Gasteiger partial charge in [-0.05, 0) is 42.7 Å². The van der Waals surface area contributed by atoms with Crippen molar-refractivity contribution in [3.63, 3.8) is 0 Å². The van der Waals surface area contributed by atoms with Crippen molar-refractivity contribution in [3.8, 4) is 5.75 Å². The molecule has 0 radical (unpaired) electrons. The Morgan fingerprint density at radius 2 is 1.96 bits per heavy atom. The lowest BCUT2D eigenvalue weighted by Gasteiger charge is -2.15. The molecule has 0 aromatic heterocycles. The van der Waals surface area contributed by atoms with E-state index in [4.69, 9.17) is 4.74 Å². The summed E-state index contributed by atoms with van der Waals surface area (Å²) in [7, 11) is 0. The molecule has 0 aliphatic heterocycles. The summed E-state index contributed by atoms with van der Waals surface area (Å²) in [5.74, 6) is 0.613. The minimum Gasteiger partial charge on any atom is -0.494 e. The fraction of sp³-hybridized carbons (Fsp3) is 0.316. The van der Waals surface area contributed by atoms with Crippen molar-refractivity contribution in [1.29, 1.82) is 0 Å². The van der Waals surface area contributed by atoms with Crippen molar-refractivity contribution in [3.05, 3.63) is 59.7 Å². The minimum atomic E-state index is -0.157. The summed E-state index contributed by atoms with van der Waals surface area (Å²) in [6.45, 7) is 4.27. The highest BCUT2D eigenvalue weighted by Gasteiger charge is 2.14. The van der Waals surface area contributed by atoms with Gasteiger partial charge in [-0.25, -0.2) is 0 Å². The zero-order valence-electron chi connectivity index (χ0n) is 13.6. The van der Waals surface area contributed by atoms with Crippen LogP contribution in [0.15, 0.2) is 48.5 Å². The Morgan fingerprint density at radius 3 is 2.65 bits per heavy atom. The second kappa shape index (κ2) is 8.34. The SMILES string of the molecule is Cc1ccc(CO)cc1NC(=O)C(C)CCOc1ccccc1. The summed E-state index contributed by atoms with van der Waals surface area (Å²) in [5.41, 5.74) is 2.51. The summed E-state index contributed by atoms with van der Waals surface area (Å²) < 4.78 is 5.62. The zero-order chi connectivity index (χ0) is 16.7. The number of carbonyl (C=O) groups excluding carboxylic acids is 1. The highest BCUT2D eigenvalue weighted by Crippen LogP contribution is 2.19. The van der Waals surface area contributed by atoms with Gasteiger partial charge in [0.25, 0.3) is 0 Å². The van der Waals surface area contributed by atoms with Crippen molar-refractivity contribution >= 4 is 11.6 Å². The van der Waals surface area contributed by atoms with Gasteiger partial charge in [-0.2, -0.15) is 0 Å². The number of benzene rings is 2. The number of hydrogen-bond donors (Lipinski definition) is 2. The molecule has 1 unspecified atom stereocenters. The van der Waals surface area contributed by atoms with Gasteiger partial charge in [0.1, 0.15) is 5.75 Å². The lowest BCUT2D eigenvalue weighted by atomic mass is 10.1. The molecule has 4 heteroatoms. The molecule has 0 fully saturated rings. The molecule has 122 valence electrons. The van der Waals surface area contributed by atoms with Gasteiger partial charge in [-0.1, -0.05) is 37.3 Å². The number of rotatable bonds is 7. The zero-order valence-corrected chi connectivity index (χ0v) is 13.6. The number of hydrogen-bond acceptors (Lipinski definition) is 3. The minimum absolute atomic E-state index is 0.0381. The average Bonchev–Trinajstić information content (AvgIpc) is 2.57. The molecule has 2 aromatic rings. The first-order chi connectivity index (χ1) is 11.1. The molecule has 0 heterocycles. The average molecular weight is 313 g/mol. The molecular formula is C19H23NO3. The number of para-hydroxylation sites is 1. The smallest absolute Gasteiger partial charge is 0.227 e. The van der Waals surface area contributed by atoms with Crippen molar-refractivity contribution in [2.45, 2.75) is 26.9 Å². The van der Waals surface area contributed by atoms with Crippen LogP contribution >= 0.6 is 0 Å². The summed E-state index contributed by atoms with van der Waals surface area (Å²) in [6, 6.07) is 15.1. The van der Waals surface area contributed by atoms with Crippen LogP contribution in [0.2, 0.25) is 0 Å². The van der Waals surface area contributed by atoms with Crippen molar-refractivity contribution in [2.75, 3.05) is 11.9 Å². The topological polar surface area (TPSA) is 58.6 Å². The molecule has 1 amide bonds. The number of aliphatic hydroxyl groups excluding tert-OH is 1. The molecule has 0 saturated heterocycles. The van der Waals surface area contributed by atoms with Crippen LogP contribution in [-0.4, -0.2) is 17.6 Å². The van der Waals surface area contributed by atoms with Gasteiger partial charge in [-0.3, -0.25) is 4.79 Å². The Labute approximate surface area is 137 Å². The maximum Gasteiger partial charge on any atom is 0.227 e. The second-order valence-electron chi connectivity index (χ2n) is 5.65. The van der Waals surface area contributed by atoms with E-state index in [0.717, 1.165) is 22.6 Å². The molecule has 0 spiro atoms. The third-order valence-corrected chi connectivity index (χ3v) is 3.75. The van der Waals surface area contributed by atoms with Crippen LogP contribution in [0.4, 0.5) is 5.69 Å². The molecular weight excluding hydrogens is 290 g/mol. The Kier molecular flexibility index (Phi) is 6.18. The van der Waals surface area contributed by atoms with E-state index in [-0.39, 0.29) is 18.4 Å². The largest absolute Gasteiger partial charge is 0.494 e. The lowest BCUT2D eigenvalue weighted by Crippen LogP contribution is -2.22. The lowest BCUT2D eigenvalue weighted by molar-refractivity contribution is -0.119. The van der Waals surface area contributed by atoms with Crippen molar-refractivity contribution in [1.82, 2.24) is 0 Å². The monoisotopic (exact) mass is 313 g/mol. The van der Waals surface area contributed by atoms with Crippen LogP contribution in [0.1, 0.15) is 24.5 Å². The number of anilines is 1. The summed E-state index contributed by atoms with van der Waals surface area (Å²) in [5, 5.41) is 12.1. The van der Waals surface area contributed by atoms with Crippen molar-refractivity contribution in [2.24, 2.45) is 5.92 Å². The van der Waals surface area contributed by atoms with Crippen LogP contribution in [-0.2, 0) is 11.4 Å². The molecule has 2 N–H and O–H groups in total. The summed E-state index contributed by atoms with van der Waals surface area (Å²) >= 11 is 0. The van der Waals surface area contributed by atoms with Crippen molar-refractivity contribution < 1.29 is 14.6 Å². The molecule has 1 atom stereocenters. The molecule has 2 rings (SSSR count). The highest BCUT2D eigenvalue weighted by atomic mass is 16.5. The van der Waals surface area contributed by atoms with Crippen LogP contribution in [0.25, 0.3) is 0 Å². The van der Waals surface area contributed by atoms with Gasteiger partial charge in [0.05, 0.1) is 13.2 Å². The van der Waals surface area contributed by atoms with E-state index >= 15 is 0 Å². The first kappa shape index (κ1) is 17.0. The van der Waals surface area contributed by atoms with Gasteiger partial charge >= 0.3 is 0 Å². The number of amides is 1. The van der Waals surface area contributed by atoms with E-state index in [9.17, 15) is 9.90 Å². The first-order valence-electron chi connectivity index (χ1n) is 7.79. The third-order valence-electron chi connectivity index (χ3n) is 3.75. The van der Waals surface area contributed by atoms with Gasteiger partial charge in [0.2, 0.25) is 5.91 Å². The number of ether oxygens (including phenoxy) is 1. The van der Waals surface area contributed by atoms with Gasteiger partial charge < -0.3 is 15.2 Å². The maximum atomic E-state index is 12.3. The van der Waals surface area contributed by atoms with Gasteiger partial charge in [-0.15, -0.1) is 0 Å². The molecule has 0 aliphatic carbocycles. The standard InChI is InChI=1S/C19H23NO3/c1-14-8-9-16(13-21)12-18(14)20-19(22)15(2)10-11-23-17-6-4-3-5-7-17/h3-9,12,15,21H,10-11,13H2,1-2H3,(H,20,22). The second-order valence-corrected chi connectivity index (χ2v) is 5.65. The van der Waals surface area contributed by atoms with E-state index in [1.807, 2.05) is 56.3 Å². The number of nitrogens with one attached hydrogen (secondary N) is 1. The summed E-state index contributed by atoms with van der Waals surface area (Å²) in [4.78, 5) is 12.3. The van der Waals surface area contributed by atoms with E-state index in [0.29, 0.717) is 13.0 Å². The van der Waals surface area contributed by atoms with E-state index in [1.165, 1.54) is 0 Å². The Hall–Kier alpha value is -2.33. The predicted molar refractivity (Wildman–Crippen MR) is 91.4 cm³/mol. The van der Waals surface area contributed by atoms with Gasteiger partial charge in [0.15, 0.2) is 0 Å². The Morgan fingerprint density at radius 1 is 1.22 bits per heavy atom. The highest BCUT2D eigenvalue weighted by molar-refractivity contribution is 5.93. The van der Waals surface area contributed by atoms with Crippen LogP contribution in [0.3, 0.4) is 0 Å². The summed E-state index contributed by atoms with van der Waals surface area (Å²) in [6.07, 6.45) is 0.638. The third kappa shape index (κ3) is 5.11. The number of aryl methyl sites for hydroxylation is 1. The maximum absolute atomic E-state index is 12.3. The molecule has 0 saturated carbocycles. The normalized spacial score (nSPS) is 11.8. The Bertz CT molecular complexity index is 640. The van der Waals surface area contributed by atoms with E-state index in [2.05, 4.69) is 5.32 Å². The van der Waals surface area contributed by atoms with Gasteiger partial charge in [0, 0.05) is 11.6 Å². The van der Waals surface area contributed by atoms with E-state index in [1.54, 1.807) is 6.07 Å². The molecule has 4 nitrogen and oxygen atoms in total. The fourth-order valence-electron chi connectivity index (χ4n) is 2.16. The fourth-order valence-corrected chi connectivity index (χ4v) is 2.16. The van der Waals surface area contributed by atoms with Crippen LogP contribution in [0, 0.1) is 12.8 Å². The van der Waals surface area contributed by atoms with Crippen LogP contribution < -0.4 is 10.1 Å². The quantitative estimate of drug-likeness (QED) is 0.822. The predicted octanol–water partition coefficient (Wildman–Crippen LogP) is 3.53. The first-order valence-corrected chi connectivity index (χ1v) is 7.79. The number of aliphatic hydroxyl groups is 1. The molecule has 0 aliphatic rings. The van der Waals surface area contributed by atoms with Crippen LogP contribution in [0.5, 0.6) is 5.75 Å². The number of carbonyl (C=O) groups is 1. The molecule has 23 heavy (non-hydrogen) atoms. The Balaban J connectivity index is 1.85.